The fraction of sp³-hybridized carbons (Fsp3) is 0.318. The average molecular weight is 411 g/mol. The molecule has 0 unspecified atom stereocenters. The number of hydrogen-bond donors (Lipinski definition) is 2. The highest BCUT2D eigenvalue weighted by Crippen LogP contribution is 2.40. The Kier molecular flexibility index (Phi) is 5.41. The Morgan fingerprint density at radius 1 is 1.17 bits per heavy atom. The van der Waals surface area contributed by atoms with E-state index in [9.17, 15) is 9.18 Å². The molecule has 0 spiro atoms. The number of aromatic nitrogens is 2. The van der Waals surface area contributed by atoms with Crippen molar-refractivity contribution in [3.8, 4) is 0 Å². The molecule has 0 saturated heterocycles. The van der Waals surface area contributed by atoms with Gasteiger partial charge in [0.2, 0.25) is 0 Å². The van der Waals surface area contributed by atoms with Gasteiger partial charge in [-0.25, -0.2) is 4.39 Å². The minimum absolute atomic E-state index is 0.302. The molecule has 1 amide bonds. The minimum atomic E-state index is -0.481. The van der Waals surface area contributed by atoms with E-state index in [2.05, 4.69) is 20.0 Å². The summed E-state index contributed by atoms with van der Waals surface area (Å²) in [5.41, 5.74) is 5.19. The van der Waals surface area contributed by atoms with Crippen LogP contribution in [0.25, 0.3) is 11.0 Å². The summed E-state index contributed by atoms with van der Waals surface area (Å²) in [7, 11) is 0. The van der Waals surface area contributed by atoms with E-state index >= 15 is 0 Å². The molecule has 7 heteroatoms. The number of aryl methyl sites for hydroxylation is 1. The summed E-state index contributed by atoms with van der Waals surface area (Å²) < 4.78 is 17.6. The number of anilines is 1. The highest BCUT2D eigenvalue weighted by molar-refractivity contribution is 7.99. The number of amides is 1. The first kappa shape index (κ1) is 19.6. The van der Waals surface area contributed by atoms with Gasteiger partial charge in [0.1, 0.15) is 5.82 Å². The smallest absolute Gasteiger partial charge is 0.253 e. The molecule has 1 saturated carbocycles. The van der Waals surface area contributed by atoms with E-state index in [1.165, 1.54) is 36.4 Å². The van der Waals surface area contributed by atoms with E-state index in [0.717, 1.165) is 16.8 Å². The molecule has 2 N–H and O–H groups in total. The van der Waals surface area contributed by atoms with E-state index in [0.29, 0.717) is 22.6 Å². The monoisotopic (exact) mass is 410 g/mol. The summed E-state index contributed by atoms with van der Waals surface area (Å²) in [5.74, 6) is -0.0532. The topological polar surface area (TPSA) is 66.9 Å². The van der Waals surface area contributed by atoms with E-state index in [1.54, 1.807) is 25.3 Å². The van der Waals surface area contributed by atoms with Crippen LogP contribution in [0.3, 0.4) is 0 Å². The Bertz CT molecular complexity index is 1080. The lowest BCUT2D eigenvalue weighted by Gasteiger charge is -2.17. The summed E-state index contributed by atoms with van der Waals surface area (Å²) in [4.78, 5) is 21.6. The van der Waals surface area contributed by atoms with Crippen LogP contribution in [0.5, 0.6) is 0 Å². The van der Waals surface area contributed by atoms with Gasteiger partial charge in [-0.15, -0.1) is 0 Å². The molecule has 1 aliphatic carbocycles. The summed E-state index contributed by atoms with van der Waals surface area (Å²) >= 11 is 1.41. The second-order valence-corrected chi connectivity index (χ2v) is 8.11. The third-order valence-corrected chi connectivity index (χ3v) is 5.66. The van der Waals surface area contributed by atoms with Crippen molar-refractivity contribution in [2.45, 2.75) is 38.6 Å². The van der Waals surface area contributed by atoms with Gasteiger partial charge in [-0.1, -0.05) is 11.9 Å². The third-order valence-electron chi connectivity index (χ3n) is 5.23. The number of carbonyl (C=O) groups is 1. The fourth-order valence-corrected chi connectivity index (χ4v) is 3.83. The summed E-state index contributed by atoms with van der Waals surface area (Å²) in [6.07, 6.45) is 7.71. The van der Waals surface area contributed by atoms with Gasteiger partial charge in [0.15, 0.2) is 0 Å². The van der Waals surface area contributed by atoms with Gasteiger partial charge in [-0.3, -0.25) is 14.8 Å². The summed E-state index contributed by atoms with van der Waals surface area (Å²) in [5, 5.41) is 2.86. The lowest BCUT2D eigenvalue weighted by atomic mass is 10.0. The Labute approximate surface area is 173 Å². The van der Waals surface area contributed by atoms with Gasteiger partial charge >= 0.3 is 0 Å². The number of nitrogens with zero attached hydrogens (tertiary/aromatic N) is 2. The van der Waals surface area contributed by atoms with Crippen LogP contribution in [0, 0.1) is 12.7 Å². The predicted molar refractivity (Wildman–Crippen MR) is 116 cm³/mol. The van der Waals surface area contributed by atoms with Crippen molar-refractivity contribution in [1.82, 2.24) is 15.3 Å². The van der Waals surface area contributed by atoms with Crippen molar-refractivity contribution in [3.63, 3.8) is 0 Å². The van der Waals surface area contributed by atoms with E-state index in [1.807, 2.05) is 25.4 Å². The lowest BCUT2D eigenvalue weighted by molar-refractivity contribution is 0.0939. The molecular weight excluding hydrogens is 387 g/mol. The van der Waals surface area contributed by atoms with Gasteiger partial charge in [-0.2, -0.15) is 0 Å². The fourth-order valence-electron chi connectivity index (χ4n) is 3.39. The molecule has 2 heterocycles. The summed E-state index contributed by atoms with van der Waals surface area (Å²) in [6, 6.07) is 6.52. The van der Waals surface area contributed by atoms with Crippen molar-refractivity contribution in [2.75, 3.05) is 11.0 Å². The molecule has 3 aromatic rings. The van der Waals surface area contributed by atoms with E-state index < -0.39 is 6.04 Å². The maximum atomic E-state index is 14.6. The molecule has 0 aliphatic heterocycles. The predicted octanol–water partition coefficient (Wildman–Crippen LogP) is 5.14. The molecule has 1 atom stereocenters. The Hall–Kier alpha value is -2.67. The molecule has 150 valence electrons. The Morgan fingerprint density at radius 3 is 2.62 bits per heavy atom. The molecule has 1 fully saturated rings. The molecule has 1 aliphatic rings. The maximum absolute atomic E-state index is 14.6. The van der Waals surface area contributed by atoms with Gasteiger partial charge in [-0.05, 0) is 68.0 Å². The molecule has 0 radical (unpaired) electrons. The van der Waals surface area contributed by atoms with Crippen LogP contribution in [0.1, 0.15) is 58.8 Å². The van der Waals surface area contributed by atoms with Crippen LogP contribution in [-0.2, 0) is 0 Å². The van der Waals surface area contributed by atoms with Crippen molar-refractivity contribution in [3.05, 3.63) is 64.7 Å². The highest BCUT2D eigenvalue weighted by Gasteiger charge is 2.24. The van der Waals surface area contributed by atoms with Crippen LogP contribution in [0.4, 0.5) is 10.1 Å². The van der Waals surface area contributed by atoms with Crippen LogP contribution >= 0.6 is 11.9 Å². The first-order chi connectivity index (χ1) is 14.0. The highest BCUT2D eigenvalue weighted by atomic mass is 32.2. The first-order valence-corrected chi connectivity index (χ1v) is 10.8. The number of fused-ring (bicyclic) bond motifs is 1. The van der Waals surface area contributed by atoms with Gasteiger partial charge in [0.05, 0.1) is 22.6 Å². The van der Waals surface area contributed by atoms with Gasteiger partial charge in [0, 0.05) is 29.9 Å². The molecule has 0 bridgehead atoms. The van der Waals surface area contributed by atoms with Crippen molar-refractivity contribution in [1.29, 1.82) is 0 Å². The number of halogens is 1. The average Bonchev–Trinajstić information content (AvgIpc) is 3.55. The third kappa shape index (κ3) is 4.19. The van der Waals surface area contributed by atoms with E-state index in [-0.39, 0.29) is 11.7 Å². The zero-order chi connectivity index (χ0) is 20.5. The number of benzene rings is 1. The van der Waals surface area contributed by atoms with Crippen LogP contribution < -0.4 is 10.0 Å². The van der Waals surface area contributed by atoms with E-state index in [4.69, 9.17) is 0 Å². The molecule has 29 heavy (non-hydrogen) atoms. The van der Waals surface area contributed by atoms with Crippen molar-refractivity contribution >= 4 is 34.6 Å². The minimum Gasteiger partial charge on any atom is -0.345 e. The van der Waals surface area contributed by atoms with Crippen LogP contribution in [0.15, 0.2) is 36.7 Å². The standard InChI is InChI=1S/C22H23FN4OS/c1-12-6-17(18(23)9-19(12)27-29-3)13(2)26-22(28)16-8-21-20(25-11-16)7-15(10-24-21)14-4-5-14/h6-11,13-14,27H,4-5H2,1-3H3,(H,26,28)/t13-/m1/s1. The number of nitrogens with one attached hydrogen (secondary N) is 2. The van der Waals surface area contributed by atoms with Crippen molar-refractivity contribution in [2.24, 2.45) is 0 Å². The zero-order valence-corrected chi connectivity index (χ0v) is 17.4. The molecule has 2 aromatic heterocycles. The Balaban J connectivity index is 1.52. The quantitative estimate of drug-likeness (QED) is 0.551. The molecule has 1 aromatic carbocycles. The molecule has 4 rings (SSSR count). The number of carbonyl (C=O) groups excluding carboxylic acids is 1. The second kappa shape index (κ2) is 7.99. The SMILES string of the molecule is CSNc1cc(F)c([C@@H](C)NC(=O)c2cnc3cc(C4CC4)cnc3c2)cc1C. The molecular formula is C22H23FN4OS. The number of rotatable bonds is 6. The zero-order valence-electron chi connectivity index (χ0n) is 16.6. The van der Waals surface area contributed by atoms with Crippen LogP contribution in [-0.4, -0.2) is 22.1 Å². The maximum Gasteiger partial charge on any atom is 0.253 e. The van der Waals surface area contributed by atoms with Crippen LogP contribution in [0.2, 0.25) is 0 Å². The second-order valence-electron chi connectivity index (χ2n) is 7.50. The molecule has 5 nitrogen and oxygen atoms in total. The normalized spacial score (nSPS) is 14.6. The summed E-state index contributed by atoms with van der Waals surface area (Å²) in [6.45, 7) is 3.68. The number of hydrogen-bond acceptors (Lipinski definition) is 5. The van der Waals surface area contributed by atoms with Gasteiger partial charge in [0.25, 0.3) is 5.91 Å². The van der Waals surface area contributed by atoms with Crippen molar-refractivity contribution < 1.29 is 9.18 Å². The Morgan fingerprint density at radius 2 is 1.90 bits per heavy atom. The lowest BCUT2D eigenvalue weighted by Crippen LogP contribution is -2.27. The van der Waals surface area contributed by atoms with Gasteiger partial charge < -0.3 is 10.0 Å². The number of pyridine rings is 2. The first-order valence-electron chi connectivity index (χ1n) is 9.62. The largest absolute Gasteiger partial charge is 0.345 e.